The Kier molecular flexibility index (Phi) is 19.6. The normalized spacial score (nSPS) is 14.3. The number of thiazole rings is 1. The molecule has 14 nitrogen and oxygen atoms in total. The van der Waals surface area contributed by atoms with Crippen LogP contribution in [0.2, 0.25) is 0 Å². The first-order valence-corrected chi connectivity index (χ1v) is 20.8. The highest BCUT2D eigenvalue weighted by atomic mass is 32.1. The first-order chi connectivity index (χ1) is 27.5. The SMILES string of the molecule is CCC(N)=NCCC[C@H](NC(=O)[C@@H](CC(=O)[C@H](CCC(C)=O)NC(=O)CCCCN=C(C)NC(=O)OC(C)(C)C)Cc1ccccc1)C(O)c1nc2ccccc2s1. The van der Waals surface area contributed by atoms with Gasteiger partial charge in [0.25, 0.3) is 0 Å². The molecule has 3 amide bonds. The van der Waals surface area contributed by atoms with E-state index in [9.17, 15) is 29.1 Å². The smallest absolute Gasteiger partial charge is 0.413 e. The maximum absolute atomic E-state index is 14.2. The minimum Gasteiger partial charge on any atom is -0.444 e. The molecule has 58 heavy (non-hydrogen) atoms. The van der Waals surface area contributed by atoms with Crippen LogP contribution in [0.15, 0.2) is 64.6 Å². The highest BCUT2D eigenvalue weighted by Crippen LogP contribution is 2.30. The number of para-hydroxylation sites is 1. The standard InChI is InChI=1S/C43H61N7O7S/c1-7-37(44)46-25-15-19-34(39(54)41-50-33-18-11-12-20-36(33)58-41)49-40(55)31(26-30-16-9-8-10-17-30)27-35(52)32(23-22-28(2)51)48-38(53)21-13-14-24-45-29(3)47-42(56)57-43(4,5)6/h8-12,16-18,20,31-32,34,39,54H,7,13-15,19,21-27H2,1-6H3,(H2,44,46)(H,48,53)(H,49,55)(H,45,47,56)/t31-,32+,34+,39?/m1/s1. The third-order valence-corrected chi connectivity index (χ3v) is 10.2. The molecule has 15 heteroatoms. The van der Waals surface area contributed by atoms with Crippen molar-refractivity contribution in [3.05, 3.63) is 65.2 Å². The fourth-order valence-electron chi connectivity index (χ4n) is 6.05. The number of amides is 3. The number of aliphatic hydroxyl groups is 1. The van der Waals surface area contributed by atoms with E-state index < -0.39 is 41.7 Å². The molecule has 3 rings (SSSR count). The van der Waals surface area contributed by atoms with Crippen molar-refractivity contribution in [2.24, 2.45) is 21.6 Å². The number of alkyl carbamates (subject to hydrolysis) is 1. The molecule has 1 unspecified atom stereocenters. The third kappa shape index (κ3) is 17.6. The van der Waals surface area contributed by atoms with Crippen molar-refractivity contribution < 1.29 is 33.8 Å². The van der Waals surface area contributed by atoms with Crippen LogP contribution < -0.4 is 21.7 Å². The van der Waals surface area contributed by atoms with Crippen LogP contribution in [0.25, 0.3) is 10.2 Å². The molecule has 0 spiro atoms. The lowest BCUT2D eigenvalue weighted by Gasteiger charge is -2.26. The zero-order chi connectivity index (χ0) is 42.7. The summed E-state index contributed by atoms with van der Waals surface area (Å²) in [5.74, 6) is -1.21. The molecule has 0 bridgehead atoms. The molecule has 316 valence electrons. The quantitative estimate of drug-likeness (QED) is 0.0421. The first kappa shape index (κ1) is 47.4. The van der Waals surface area contributed by atoms with Crippen molar-refractivity contribution in [3.8, 4) is 0 Å². The van der Waals surface area contributed by atoms with Crippen molar-refractivity contribution in [1.82, 2.24) is 20.9 Å². The molecule has 1 heterocycles. The molecule has 0 radical (unpaired) electrons. The first-order valence-electron chi connectivity index (χ1n) is 20.0. The summed E-state index contributed by atoms with van der Waals surface area (Å²) in [6.07, 6.45) is 1.13. The van der Waals surface area contributed by atoms with E-state index in [0.717, 1.165) is 15.8 Å². The van der Waals surface area contributed by atoms with Gasteiger partial charge in [-0.25, -0.2) is 9.78 Å². The van der Waals surface area contributed by atoms with Gasteiger partial charge in [-0.1, -0.05) is 49.4 Å². The molecule has 4 atom stereocenters. The van der Waals surface area contributed by atoms with E-state index in [-0.39, 0.29) is 49.6 Å². The number of rotatable bonds is 23. The number of carbonyl (C=O) groups is 5. The highest BCUT2D eigenvalue weighted by Gasteiger charge is 2.32. The van der Waals surface area contributed by atoms with Crippen molar-refractivity contribution in [2.75, 3.05) is 13.1 Å². The summed E-state index contributed by atoms with van der Waals surface area (Å²) in [7, 11) is 0. The van der Waals surface area contributed by atoms with Gasteiger partial charge >= 0.3 is 6.09 Å². The Bertz CT molecular complexity index is 1840. The van der Waals surface area contributed by atoms with Crippen molar-refractivity contribution in [1.29, 1.82) is 0 Å². The van der Waals surface area contributed by atoms with E-state index in [1.54, 1.807) is 27.7 Å². The summed E-state index contributed by atoms with van der Waals surface area (Å²) in [5, 5.41) is 20.6. The number of carbonyl (C=O) groups excluding carboxylic acids is 5. The van der Waals surface area contributed by atoms with Gasteiger partial charge in [-0.3, -0.25) is 29.7 Å². The Labute approximate surface area is 345 Å². The average molecular weight is 820 g/mol. The zero-order valence-electron chi connectivity index (χ0n) is 34.7. The Morgan fingerprint density at radius 1 is 0.897 bits per heavy atom. The topological polar surface area (TPSA) is 215 Å². The fourth-order valence-corrected chi connectivity index (χ4v) is 7.07. The molecular formula is C43H61N7O7S. The van der Waals surface area contributed by atoms with Crippen LogP contribution in [-0.4, -0.2) is 82.0 Å². The van der Waals surface area contributed by atoms with Crippen LogP contribution >= 0.6 is 11.3 Å². The second-order valence-electron chi connectivity index (χ2n) is 15.4. The molecule has 1 aromatic heterocycles. The van der Waals surface area contributed by atoms with Gasteiger partial charge in [0.2, 0.25) is 11.8 Å². The molecule has 0 aliphatic heterocycles. The zero-order valence-corrected chi connectivity index (χ0v) is 35.5. The number of amidine groups is 2. The summed E-state index contributed by atoms with van der Waals surface area (Å²) < 4.78 is 6.14. The number of nitrogens with one attached hydrogen (secondary N) is 3. The van der Waals surface area contributed by atoms with E-state index >= 15 is 0 Å². The second-order valence-corrected chi connectivity index (χ2v) is 16.5. The van der Waals surface area contributed by atoms with Gasteiger partial charge in [0.1, 0.15) is 28.3 Å². The van der Waals surface area contributed by atoms with Crippen molar-refractivity contribution in [3.63, 3.8) is 0 Å². The van der Waals surface area contributed by atoms with Crippen LogP contribution in [-0.2, 0) is 30.3 Å². The number of ether oxygens (including phenoxy) is 1. The molecular weight excluding hydrogens is 759 g/mol. The maximum Gasteiger partial charge on any atom is 0.413 e. The molecule has 0 aliphatic carbocycles. The molecule has 0 saturated carbocycles. The van der Waals surface area contributed by atoms with Gasteiger partial charge in [-0.05, 0) is 90.8 Å². The number of ketones is 2. The van der Waals surface area contributed by atoms with E-state index in [4.69, 9.17) is 10.5 Å². The van der Waals surface area contributed by atoms with Gasteiger partial charge in [-0.15, -0.1) is 11.3 Å². The van der Waals surface area contributed by atoms with Crippen LogP contribution in [0.3, 0.4) is 0 Å². The second kappa shape index (κ2) is 24.0. The summed E-state index contributed by atoms with van der Waals surface area (Å²) in [4.78, 5) is 78.7. The van der Waals surface area contributed by atoms with E-state index in [2.05, 4.69) is 30.9 Å². The molecule has 0 fully saturated rings. The van der Waals surface area contributed by atoms with Gasteiger partial charge < -0.3 is 31.0 Å². The minimum atomic E-state index is -1.12. The fraction of sp³-hybridized carbons (Fsp3) is 0.535. The van der Waals surface area contributed by atoms with Crippen LogP contribution in [0, 0.1) is 5.92 Å². The summed E-state index contributed by atoms with van der Waals surface area (Å²) in [6, 6.07) is 15.2. The number of unbranched alkanes of at least 4 members (excludes halogenated alkanes) is 1. The van der Waals surface area contributed by atoms with Crippen LogP contribution in [0.5, 0.6) is 0 Å². The van der Waals surface area contributed by atoms with Crippen molar-refractivity contribution >= 4 is 62.7 Å². The summed E-state index contributed by atoms with van der Waals surface area (Å²) in [6.45, 7) is 11.1. The predicted molar refractivity (Wildman–Crippen MR) is 229 cm³/mol. The Morgan fingerprint density at radius 3 is 2.26 bits per heavy atom. The van der Waals surface area contributed by atoms with Gasteiger partial charge in [-0.2, -0.15) is 0 Å². The maximum atomic E-state index is 14.2. The lowest BCUT2D eigenvalue weighted by molar-refractivity contribution is -0.133. The Balaban J connectivity index is 1.74. The van der Waals surface area contributed by atoms with Gasteiger partial charge in [0.15, 0.2) is 5.78 Å². The summed E-state index contributed by atoms with van der Waals surface area (Å²) in [5.41, 5.74) is 6.86. The lowest BCUT2D eigenvalue weighted by atomic mass is 9.89. The number of aromatic nitrogens is 1. The van der Waals surface area contributed by atoms with Gasteiger partial charge in [0.05, 0.1) is 28.1 Å². The molecule has 2 aromatic carbocycles. The summed E-state index contributed by atoms with van der Waals surface area (Å²) >= 11 is 1.35. The largest absolute Gasteiger partial charge is 0.444 e. The number of nitrogens with two attached hydrogens (primary N) is 1. The van der Waals surface area contributed by atoms with E-state index in [0.29, 0.717) is 61.9 Å². The number of hydrogen-bond acceptors (Lipinski definition) is 11. The number of hydrogen-bond donors (Lipinski definition) is 5. The molecule has 3 aromatic rings. The average Bonchev–Trinajstić information content (AvgIpc) is 3.61. The number of aliphatic hydroxyl groups excluding tert-OH is 1. The Hall–Kier alpha value is -5.02. The Morgan fingerprint density at radius 2 is 1.59 bits per heavy atom. The van der Waals surface area contributed by atoms with E-state index in [1.165, 1.54) is 18.3 Å². The number of Topliss-reactive ketones (excluding diaryl/α,β-unsaturated/α-hetero) is 2. The molecule has 0 saturated heterocycles. The third-order valence-electron chi connectivity index (χ3n) is 9.12. The van der Waals surface area contributed by atoms with Gasteiger partial charge in [0, 0.05) is 44.7 Å². The number of aliphatic imine (C=N–C) groups is 2. The molecule has 6 N–H and O–H groups in total. The predicted octanol–water partition coefficient (Wildman–Crippen LogP) is 6.15. The van der Waals surface area contributed by atoms with Crippen LogP contribution in [0.4, 0.5) is 4.79 Å². The van der Waals surface area contributed by atoms with Crippen LogP contribution in [0.1, 0.15) is 116 Å². The minimum absolute atomic E-state index is 0.0757. The van der Waals surface area contributed by atoms with E-state index in [1.807, 2.05) is 61.5 Å². The highest BCUT2D eigenvalue weighted by molar-refractivity contribution is 7.18. The molecule has 0 aliphatic rings. The van der Waals surface area contributed by atoms with Crippen molar-refractivity contribution in [2.45, 2.75) is 130 Å². The lowest BCUT2D eigenvalue weighted by Crippen LogP contribution is -2.46. The number of fused-ring (bicyclic) bond motifs is 1. The number of nitrogens with zero attached hydrogens (tertiary/aromatic N) is 3. The monoisotopic (exact) mass is 819 g/mol. The number of benzene rings is 2.